The molecule has 0 spiro atoms. The zero-order valence-corrected chi connectivity index (χ0v) is 10.5. The van der Waals surface area contributed by atoms with Crippen molar-refractivity contribution in [3.63, 3.8) is 0 Å². The highest BCUT2D eigenvalue weighted by atomic mass is 32.2. The number of unbranched alkanes of at least 4 members (excludes halogenated alkanes) is 1. The van der Waals surface area contributed by atoms with Crippen LogP contribution in [0.5, 0.6) is 0 Å². The fourth-order valence-electron chi connectivity index (χ4n) is 0.550. The third-order valence-electron chi connectivity index (χ3n) is 1.84. The third kappa shape index (κ3) is 17.8. The van der Waals surface area contributed by atoms with Crippen LogP contribution in [0, 0.1) is 0 Å². The van der Waals surface area contributed by atoms with Crippen LogP contribution in [0.25, 0.3) is 0 Å². The lowest BCUT2D eigenvalue weighted by Gasteiger charge is -2.07. The van der Waals surface area contributed by atoms with Crippen LogP contribution in [0.2, 0.25) is 0 Å². The van der Waals surface area contributed by atoms with Gasteiger partial charge in [-0.3, -0.25) is 4.55 Å². The average Bonchev–Trinajstić information content (AvgIpc) is 2.13. The van der Waals surface area contributed by atoms with E-state index in [1.807, 2.05) is 6.92 Å². The first-order valence-corrected chi connectivity index (χ1v) is 6.61. The summed E-state index contributed by atoms with van der Waals surface area (Å²) in [6.07, 6.45) is 1.33. The maximum Gasteiger partial charge on any atom is 0.264 e. The summed E-state index contributed by atoms with van der Waals surface area (Å²) in [5, 5.41) is 0. The first-order valence-electron chi connectivity index (χ1n) is 5.01. The topological polar surface area (TPSA) is 57.6 Å². The molecule has 88 valence electrons. The molecule has 1 N–H and O–H groups in total. The lowest BCUT2D eigenvalue weighted by molar-refractivity contribution is 0.373. The number of hydrogen-bond acceptors (Lipinski definition) is 3. The second kappa shape index (κ2) is 9.43. The molecule has 0 bridgehead atoms. The van der Waals surface area contributed by atoms with Crippen molar-refractivity contribution < 1.29 is 13.0 Å². The maximum absolute atomic E-state index is 9.95. The molecule has 14 heavy (non-hydrogen) atoms. The van der Waals surface area contributed by atoms with Crippen molar-refractivity contribution in [1.29, 1.82) is 0 Å². The second-order valence-electron chi connectivity index (χ2n) is 3.13. The summed E-state index contributed by atoms with van der Waals surface area (Å²) in [6.45, 7) is 8.51. The minimum absolute atomic E-state index is 0.108. The van der Waals surface area contributed by atoms with Gasteiger partial charge in [0, 0.05) is 0 Å². The molecular formula is C9H23NO3S. The zero-order valence-electron chi connectivity index (χ0n) is 9.65. The van der Waals surface area contributed by atoms with E-state index < -0.39 is 10.1 Å². The van der Waals surface area contributed by atoms with Gasteiger partial charge in [-0.1, -0.05) is 27.2 Å². The van der Waals surface area contributed by atoms with Gasteiger partial charge in [-0.05, 0) is 26.6 Å². The van der Waals surface area contributed by atoms with Crippen LogP contribution >= 0.6 is 0 Å². The van der Waals surface area contributed by atoms with E-state index in [9.17, 15) is 8.42 Å². The fraction of sp³-hybridized carbons (Fsp3) is 1.00. The molecular weight excluding hydrogens is 202 g/mol. The van der Waals surface area contributed by atoms with Gasteiger partial charge in [-0.2, -0.15) is 8.42 Å². The van der Waals surface area contributed by atoms with Crippen molar-refractivity contribution in [1.82, 2.24) is 4.90 Å². The Morgan fingerprint density at radius 1 is 1.14 bits per heavy atom. The molecule has 0 unspecified atom stereocenters. The van der Waals surface area contributed by atoms with Gasteiger partial charge < -0.3 is 4.90 Å². The monoisotopic (exact) mass is 225 g/mol. The molecule has 0 aromatic rings. The highest BCUT2D eigenvalue weighted by molar-refractivity contribution is 7.85. The van der Waals surface area contributed by atoms with Gasteiger partial charge in [0.1, 0.15) is 0 Å². The van der Waals surface area contributed by atoms with Gasteiger partial charge in [0.15, 0.2) is 0 Å². The molecule has 5 heteroatoms. The first-order chi connectivity index (χ1) is 6.37. The quantitative estimate of drug-likeness (QED) is 0.723. The van der Waals surface area contributed by atoms with E-state index in [0.717, 1.165) is 19.5 Å². The van der Waals surface area contributed by atoms with E-state index in [-0.39, 0.29) is 5.75 Å². The van der Waals surface area contributed by atoms with Crippen molar-refractivity contribution in [2.45, 2.75) is 33.6 Å². The standard InChI is InChI=1S/C5H13N.C4H10O3S/c1-4-6(3)5-2;1-2-3-4-8(5,6)7/h4-5H2,1-3H3;2-4H2,1H3,(H,5,6,7). The summed E-state index contributed by atoms with van der Waals surface area (Å²) in [5.74, 6) is -0.108. The molecule has 0 fully saturated rings. The zero-order chi connectivity index (χ0) is 11.6. The van der Waals surface area contributed by atoms with Crippen molar-refractivity contribution in [3.8, 4) is 0 Å². The van der Waals surface area contributed by atoms with Gasteiger partial charge in [0.25, 0.3) is 10.1 Å². The molecule has 0 heterocycles. The van der Waals surface area contributed by atoms with Crippen molar-refractivity contribution in [2.75, 3.05) is 25.9 Å². The SMILES string of the molecule is CCCCS(=O)(=O)O.CCN(C)CC. The summed E-state index contributed by atoms with van der Waals surface area (Å²) in [4.78, 5) is 2.25. The molecule has 0 aliphatic rings. The number of rotatable bonds is 5. The molecule has 0 saturated carbocycles. The lowest BCUT2D eigenvalue weighted by atomic mass is 10.4. The Hall–Kier alpha value is -0.130. The smallest absolute Gasteiger partial charge is 0.264 e. The predicted octanol–water partition coefficient (Wildman–Crippen LogP) is 1.63. The van der Waals surface area contributed by atoms with E-state index in [1.165, 1.54) is 0 Å². The van der Waals surface area contributed by atoms with Crippen molar-refractivity contribution >= 4 is 10.1 Å². The highest BCUT2D eigenvalue weighted by Gasteiger charge is 2.00. The Labute approximate surface area is 88.1 Å². The Morgan fingerprint density at radius 3 is 1.64 bits per heavy atom. The number of nitrogens with zero attached hydrogens (tertiary/aromatic N) is 1. The molecule has 0 aliphatic heterocycles. The van der Waals surface area contributed by atoms with Crippen LogP contribution in [0.15, 0.2) is 0 Å². The fourth-order valence-corrected chi connectivity index (χ4v) is 1.20. The molecule has 0 rings (SSSR count). The molecule has 0 saturated heterocycles. The Bertz CT molecular complexity index is 198. The largest absolute Gasteiger partial charge is 0.307 e. The van der Waals surface area contributed by atoms with Crippen LogP contribution in [0.3, 0.4) is 0 Å². The Morgan fingerprint density at radius 2 is 1.57 bits per heavy atom. The molecule has 4 nitrogen and oxygen atoms in total. The van der Waals surface area contributed by atoms with Crippen LogP contribution < -0.4 is 0 Å². The second-order valence-corrected chi connectivity index (χ2v) is 4.70. The van der Waals surface area contributed by atoms with Crippen molar-refractivity contribution in [3.05, 3.63) is 0 Å². The van der Waals surface area contributed by atoms with E-state index in [4.69, 9.17) is 4.55 Å². The van der Waals surface area contributed by atoms with E-state index >= 15 is 0 Å². The summed E-state index contributed by atoms with van der Waals surface area (Å²) < 4.78 is 28.0. The van der Waals surface area contributed by atoms with Gasteiger partial charge in [-0.25, -0.2) is 0 Å². The van der Waals surface area contributed by atoms with Gasteiger partial charge in [0.05, 0.1) is 5.75 Å². The first kappa shape index (κ1) is 16.3. The van der Waals surface area contributed by atoms with Crippen LogP contribution in [0.1, 0.15) is 33.6 Å². The molecule has 0 atom stereocenters. The Kier molecular flexibility index (Phi) is 11.0. The van der Waals surface area contributed by atoms with Crippen LogP contribution in [-0.2, 0) is 10.1 Å². The normalized spacial score (nSPS) is 11.0. The summed E-state index contributed by atoms with van der Waals surface area (Å²) in [7, 11) is -1.58. The molecule has 0 radical (unpaired) electrons. The third-order valence-corrected chi connectivity index (χ3v) is 2.64. The molecule has 0 aliphatic carbocycles. The molecule has 0 aromatic heterocycles. The average molecular weight is 225 g/mol. The summed E-state index contributed by atoms with van der Waals surface area (Å²) in [6, 6.07) is 0. The Balaban J connectivity index is 0. The van der Waals surface area contributed by atoms with Gasteiger partial charge >= 0.3 is 0 Å². The van der Waals surface area contributed by atoms with Crippen LogP contribution in [0.4, 0.5) is 0 Å². The maximum atomic E-state index is 9.95. The van der Waals surface area contributed by atoms with E-state index in [2.05, 4.69) is 25.8 Å². The number of hydrogen-bond donors (Lipinski definition) is 1. The minimum atomic E-state index is -3.69. The predicted molar refractivity (Wildman–Crippen MR) is 60.2 cm³/mol. The van der Waals surface area contributed by atoms with Crippen molar-refractivity contribution in [2.24, 2.45) is 0 Å². The minimum Gasteiger partial charge on any atom is -0.307 e. The highest BCUT2D eigenvalue weighted by Crippen LogP contribution is 1.90. The van der Waals surface area contributed by atoms with E-state index in [1.54, 1.807) is 0 Å². The van der Waals surface area contributed by atoms with Gasteiger partial charge in [0.2, 0.25) is 0 Å². The molecule has 0 aromatic carbocycles. The molecule has 0 amide bonds. The summed E-state index contributed by atoms with van der Waals surface area (Å²) >= 11 is 0. The lowest BCUT2D eigenvalue weighted by Crippen LogP contribution is -2.15. The summed E-state index contributed by atoms with van der Waals surface area (Å²) in [5.41, 5.74) is 0. The van der Waals surface area contributed by atoms with Gasteiger partial charge in [-0.15, -0.1) is 0 Å². The van der Waals surface area contributed by atoms with Crippen LogP contribution in [-0.4, -0.2) is 43.8 Å². The van der Waals surface area contributed by atoms with E-state index in [0.29, 0.717) is 6.42 Å².